The molecule has 4 rings (SSSR count). The van der Waals surface area contributed by atoms with Gasteiger partial charge < -0.3 is 30.1 Å². The lowest BCUT2D eigenvalue weighted by atomic mass is 10.0. The lowest BCUT2D eigenvalue weighted by molar-refractivity contribution is -0.115. The molecular formula is C28H33F4N7O3. The highest BCUT2D eigenvalue weighted by Crippen LogP contribution is 2.37. The molecule has 2 aliphatic heterocycles. The van der Waals surface area contributed by atoms with Gasteiger partial charge >= 0.3 is 6.18 Å². The summed E-state index contributed by atoms with van der Waals surface area (Å²) in [6, 6.07) is 2.78. The van der Waals surface area contributed by atoms with Gasteiger partial charge in [-0.15, -0.1) is 0 Å². The summed E-state index contributed by atoms with van der Waals surface area (Å²) < 4.78 is 62.3. The van der Waals surface area contributed by atoms with E-state index in [1.54, 1.807) is 0 Å². The van der Waals surface area contributed by atoms with Crippen LogP contribution in [0.4, 0.5) is 34.9 Å². The number of nitrogens with zero attached hydrogens (tertiary/aromatic N) is 5. The number of halogens is 4. The van der Waals surface area contributed by atoms with Crippen molar-refractivity contribution in [2.24, 2.45) is 0 Å². The summed E-state index contributed by atoms with van der Waals surface area (Å²) in [5.74, 6) is -1.28. The van der Waals surface area contributed by atoms with Gasteiger partial charge in [0.2, 0.25) is 5.95 Å². The molecule has 1 amide bonds. The summed E-state index contributed by atoms with van der Waals surface area (Å²) in [7, 11) is 5.18. The molecule has 10 nitrogen and oxygen atoms in total. The third-order valence-electron chi connectivity index (χ3n) is 7.17. The molecule has 2 N–H and O–H groups in total. The smallest absolute Gasteiger partial charge is 0.393 e. The molecular weight excluding hydrogens is 558 g/mol. The number of aromatic nitrogens is 2. The molecule has 2 saturated heterocycles. The van der Waals surface area contributed by atoms with Gasteiger partial charge in [0.25, 0.3) is 5.91 Å². The van der Waals surface area contributed by atoms with Crippen molar-refractivity contribution in [2.45, 2.75) is 18.6 Å². The zero-order chi connectivity index (χ0) is 30.4. The Morgan fingerprint density at radius 1 is 1.12 bits per heavy atom. The van der Waals surface area contributed by atoms with Crippen LogP contribution in [0.25, 0.3) is 11.1 Å². The molecule has 1 aromatic carbocycles. The number of rotatable bonds is 9. The minimum Gasteiger partial charge on any atom is -0.393 e. The first-order chi connectivity index (χ1) is 20.0. The Balaban J connectivity index is 1.73. The van der Waals surface area contributed by atoms with Gasteiger partial charge in [0, 0.05) is 69.0 Å². The molecule has 226 valence electrons. The number of carbonyl (C=O) groups is 2. The maximum Gasteiger partial charge on any atom is 0.417 e. The number of aldehydes is 1. The molecule has 1 atom stereocenters. The van der Waals surface area contributed by atoms with E-state index in [-0.39, 0.29) is 29.7 Å². The van der Waals surface area contributed by atoms with E-state index in [1.807, 2.05) is 28.8 Å². The molecule has 0 bridgehead atoms. The van der Waals surface area contributed by atoms with Crippen molar-refractivity contribution in [1.29, 1.82) is 0 Å². The fourth-order valence-corrected chi connectivity index (χ4v) is 4.92. The topological polar surface area (TPSA) is 103 Å². The number of ether oxygens (including phenoxy) is 1. The standard InChI is InChI=1S/C28H33F4N7O3/c1-33-16-21(22(5-9-40)28(30,31)32)26(41)36-24-12-20(18-14-34-27(35-15-18)38-7-10-42-11-8-38)23(29)13-25(24)39-6-4-19(17-39)37(2)3/h5,9,12-16,19,33H,4,6-8,10-11,17H2,1-3H3,(H,36,41)/b21-16+,22-5+. The van der Waals surface area contributed by atoms with Gasteiger partial charge in [-0.2, -0.15) is 13.2 Å². The minimum atomic E-state index is -4.98. The zero-order valence-electron chi connectivity index (χ0n) is 23.5. The van der Waals surface area contributed by atoms with E-state index < -0.39 is 29.0 Å². The Morgan fingerprint density at radius 2 is 1.81 bits per heavy atom. The highest BCUT2D eigenvalue weighted by atomic mass is 19.4. The highest BCUT2D eigenvalue weighted by molar-refractivity contribution is 6.09. The monoisotopic (exact) mass is 591 g/mol. The average Bonchev–Trinajstić information content (AvgIpc) is 3.46. The minimum absolute atomic E-state index is 0.0345. The van der Waals surface area contributed by atoms with Gasteiger partial charge in [-0.1, -0.05) is 0 Å². The highest BCUT2D eigenvalue weighted by Gasteiger charge is 2.38. The normalized spacial score (nSPS) is 18.4. The van der Waals surface area contributed by atoms with Crippen LogP contribution in [0.2, 0.25) is 0 Å². The van der Waals surface area contributed by atoms with Crippen molar-refractivity contribution in [3.05, 3.63) is 53.8 Å². The molecule has 1 aromatic heterocycles. The van der Waals surface area contributed by atoms with Crippen molar-refractivity contribution in [3.8, 4) is 11.1 Å². The van der Waals surface area contributed by atoms with Crippen LogP contribution in [-0.4, -0.2) is 99.8 Å². The predicted molar refractivity (Wildman–Crippen MR) is 151 cm³/mol. The van der Waals surface area contributed by atoms with Gasteiger partial charge in [0.15, 0.2) is 0 Å². The van der Waals surface area contributed by atoms with Crippen LogP contribution in [0.1, 0.15) is 6.42 Å². The molecule has 0 saturated carbocycles. The van der Waals surface area contributed by atoms with E-state index in [1.165, 1.54) is 31.6 Å². The summed E-state index contributed by atoms with van der Waals surface area (Å²) >= 11 is 0. The van der Waals surface area contributed by atoms with Crippen LogP contribution in [0.15, 0.2) is 47.9 Å². The summed E-state index contributed by atoms with van der Waals surface area (Å²) in [6.45, 7) is 3.37. The SMILES string of the molecule is CN/C=C(C(=O)Nc1cc(-c2cnc(N3CCOCC3)nc2)c(F)cc1N1CCC(N(C)C)C1)\C(=C/C=O)C(F)(F)F. The number of alkyl halides is 3. The summed E-state index contributed by atoms with van der Waals surface area (Å²) in [5, 5.41) is 4.97. The summed E-state index contributed by atoms with van der Waals surface area (Å²) in [5.41, 5.74) is -1.43. The number of anilines is 3. The van der Waals surface area contributed by atoms with Gasteiger partial charge in [0.1, 0.15) is 12.1 Å². The number of hydrogen-bond acceptors (Lipinski definition) is 9. The van der Waals surface area contributed by atoms with E-state index >= 15 is 4.39 Å². The van der Waals surface area contributed by atoms with Crippen molar-refractivity contribution in [2.75, 3.05) is 75.7 Å². The van der Waals surface area contributed by atoms with Gasteiger partial charge in [0.05, 0.1) is 35.7 Å². The van der Waals surface area contributed by atoms with Crippen LogP contribution >= 0.6 is 0 Å². The van der Waals surface area contributed by atoms with Gasteiger partial charge in [-0.25, -0.2) is 14.4 Å². The Morgan fingerprint density at radius 3 is 2.38 bits per heavy atom. The van der Waals surface area contributed by atoms with Crippen molar-refractivity contribution in [3.63, 3.8) is 0 Å². The lowest BCUT2D eigenvalue weighted by Crippen LogP contribution is -2.37. The molecule has 2 aromatic rings. The van der Waals surface area contributed by atoms with Crippen molar-refractivity contribution in [1.82, 2.24) is 20.2 Å². The number of likely N-dealkylation sites (N-methyl/N-ethyl adjacent to an activating group) is 1. The molecule has 14 heteroatoms. The number of carbonyl (C=O) groups excluding carboxylic acids is 2. The third kappa shape index (κ3) is 7.05. The van der Waals surface area contributed by atoms with Crippen LogP contribution in [0, 0.1) is 5.82 Å². The van der Waals surface area contributed by atoms with Crippen LogP contribution in [0.3, 0.4) is 0 Å². The van der Waals surface area contributed by atoms with E-state index in [4.69, 9.17) is 4.74 Å². The molecule has 0 aliphatic carbocycles. The number of benzene rings is 1. The first kappa shape index (κ1) is 30.9. The average molecular weight is 592 g/mol. The second-order valence-corrected chi connectivity index (χ2v) is 10.1. The second kappa shape index (κ2) is 13.3. The molecule has 2 aliphatic rings. The molecule has 0 radical (unpaired) electrons. The number of morpholine rings is 1. The summed E-state index contributed by atoms with van der Waals surface area (Å²) in [6.07, 6.45) is -0.182. The van der Waals surface area contributed by atoms with E-state index in [0.29, 0.717) is 56.6 Å². The predicted octanol–water partition coefficient (Wildman–Crippen LogP) is 2.99. The van der Waals surface area contributed by atoms with E-state index in [0.717, 1.165) is 12.6 Å². The largest absolute Gasteiger partial charge is 0.417 e. The fraction of sp³-hybridized carbons (Fsp3) is 0.429. The second-order valence-electron chi connectivity index (χ2n) is 10.1. The van der Waals surface area contributed by atoms with Gasteiger partial charge in [-0.3, -0.25) is 9.59 Å². The van der Waals surface area contributed by atoms with E-state index in [2.05, 4.69) is 20.6 Å². The Hall–Kier alpha value is -4.04. The number of hydrogen-bond donors (Lipinski definition) is 2. The number of amides is 1. The maximum absolute atomic E-state index is 15.6. The van der Waals surface area contributed by atoms with Crippen molar-refractivity contribution < 1.29 is 31.9 Å². The molecule has 3 heterocycles. The Bertz CT molecular complexity index is 1340. The fourth-order valence-electron chi connectivity index (χ4n) is 4.92. The van der Waals surface area contributed by atoms with Gasteiger partial charge in [-0.05, 0) is 38.7 Å². The first-order valence-corrected chi connectivity index (χ1v) is 13.3. The number of allylic oxidation sites excluding steroid dienone is 1. The van der Waals surface area contributed by atoms with Crippen LogP contribution in [0.5, 0.6) is 0 Å². The molecule has 0 spiro atoms. The third-order valence-corrected chi connectivity index (χ3v) is 7.17. The molecule has 2 fully saturated rings. The summed E-state index contributed by atoms with van der Waals surface area (Å²) in [4.78, 5) is 38.9. The Kier molecular flexibility index (Phi) is 9.78. The first-order valence-electron chi connectivity index (χ1n) is 13.3. The zero-order valence-corrected chi connectivity index (χ0v) is 23.5. The lowest BCUT2D eigenvalue weighted by Gasteiger charge is -2.27. The van der Waals surface area contributed by atoms with Crippen molar-refractivity contribution >= 4 is 29.5 Å². The molecule has 42 heavy (non-hydrogen) atoms. The Labute approximate surface area is 241 Å². The molecule has 1 unspecified atom stereocenters. The van der Waals surface area contributed by atoms with E-state index in [9.17, 15) is 22.8 Å². The van der Waals surface area contributed by atoms with Crippen LogP contribution in [-0.2, 0) is 14.3 Å². The number of nitrogens with one attached hydrogen (secondary N) is 2. The quantitative estimate of drug-likeness (QED) is 0.197. The van der Waals surface area contributed by atoms with Crippen LogP contribution < -0.4 is 20.4 Å². The maximum atomic E-state index is 15.6.